The summed E-state index contributed by atoms with van der Waals surface area (Å²) in [7, 11) is 0. The maximum atomic E-state index is 11.7. The SMILES string of the molecule is N#C[Se]CN1C(=O)c2ccccc2C1=O. The number of imide groups is 1. The number of benzene rings is 1. The standard InChI is InChI=1S/C10H6N2O2Se/c11-5-15-6-12-9(13)7-3-1-2-4-8(7)10(12)14/h1-4H,6H2. The Balaban J connectivity index is 2.34. The topological polar surface area (TPSA) is 61.2 Å². The van der Waals surface area contributed by atoms with Crippen LogP contribution in [0.3, 0.4) is 0 Å². The summed E-state index contributed by atoms with van der Waals surface area (Å²) >= 11 is -0.354. The summed E-state index contributed by atoms with van der Waals surface area (Å²) in [6.07, 6.45) is 0. The average Bonchev–Trinajstić information content (AvgIpc) is 2.51. The van der Waals surface area contributed by atoms with Crippen LogP contribution in [0, 0.1) is 10.2 Å². The summed E-state index contributed by atoms with van der Waals surface area (Å²) in [6.45, 7) is 0. The first-order valence-electron chi connectivity index (χ1n) is 4.22. The van der Waals surface area contributed by atoms with E-state index in [9.17, 15) is 9.59 Å². The number of rotatable bonds is 2. The van der Waals surface area contributed by atoms with Crippen LogP contribution in [0.4, 0.5) is 0 Å². The predicted molar refractivity (Wildman–Crippen MR) is 53.2 cm³/mol. The molecule has 0 aromatic heterocycles. The minimum atomic E-state index is -0.354. The van der Waals surface area contributed by atoms with Gasteiger partial charge in [0, 0.05) is 0 Å². The molecule has 74 valence electrons. The summed E-state index contributed by atoms with van der Waals surface area (Å²) in [4.78, 5) is 26.6. The monoisotopic (exact) mass is 266 g/mol. The zero-order valence-electron chi connectivity index (χ0n) is 7.64. The maximum absolute atomic E-state index is 11.7. The van der Waals surface area contributed by atoms with Crippen LogP contribution in [-0.4, -0.2) is 37.1 Å². The molecule has 5 heteroatoms. The van der Waals surface area contributed by atoms with Crippen LogP contribution >= 0.6 is 0 Å². The molecule has 15 heavy (non-hydrogen) atoms. The van der Waals surface area contributed by atoms with Gasteiger partial charge >= 0.3 is 92.3 Å². The van der Waals surface area contributed by atoms with E-state index in [1.54, 1.807) is 24.3 Å². The van der Waals surface area contributed by atoms with E-state index in [-0.39, 0.29) is 32.2 Å². The van der Waals surface area contributed by atoms with Crippen molar-refractivity contribution < 1.29 is 9.59 Å². The Labute approximate surface area is 92.6 Å². The third kappa shape index (κ3) is 1.54. The van der Waals surface area contributed by atoms with E-state index in [0.717, 1.165) is 4.90 Å². The molecule has 1 aliphatic rings. The van der Waals surface area contributed by atoms with Crippen molar-refractivity contribution in [3.8, 4) is 4.97 Å². The molecule has 0 fully saturated rings. The Morgan fingerprint density at radius 3 is 2.20 bits per heavy atom. The second kappa shape index (κ2) is 3.85. The fourth-order valence-corrected chi connectivity index (χ4v) is 2.33. The number of fused-ring (bicyclic) bond motifs is 1. The van der Waals surface area contributed by atoms with Gasteiger partial charge in [-0.2, -0.15) is 0 Å². The van der Waals surface area contributed by atoms with E-state index in [2.05, 4.69) is 0 Å². The molecule has 2 rings (SSSR count). The van der Waals surface area contributed by atoms with Crippen LogP contribution in [0.2, 0.25) is 0 Å². The number of nitrogens with zero attached hydrogens (tertiary/aromatic N) is 2. The molecule has 0 atom stereocenters. The predicted octanol–water partition coefficient (Wildman–Crippen LogP) is 0.425. The summed E-state index contributed by atoms with van der Waals surface area (Å²) in [5, 5.41) is 8.44. The van der Waals surface area contributed by atoms with Gasteiger partial charge in [-0.3, -0.25) is 0 Å². The van der Waals surface area contributed by atoms with Crippen molar-refractivity contribution in [3.05, 3.63) is 35.4 Å². The van der Waals surface area contributed by atoms with Gasteiger partial charge in [0.25, 0.3) is 0 Å². The van der Waals surface area contributed by atoms with Gasteiger partial charge < -0.3 is 0 Å². The van der Waals surface area contributed by atoms with Gasteiger partial charge in [0.2, 0.25) is 0 Å². The molecule has 0 N–H and O–H groups in total. The Morgan fingerprint density at radius 1 is 1.20 bits per heavy atom. The number of amides is 2. The van der Waals surface area contributed by atoms with E-state index in [0.29, 0.717) is 11.1 Å². The summed E-state index contributed by atoms with van der Waals surface area (Å²) in [5.41, 5.74) is 1.11. The first kappa shape index (κ1) is 9.91. The normalized spacial score (nSPS) is 13.9. The van der Waals surface area contributed by atoms with Crippen molar-refractivity contribution in [2.24, 2.45) is 0 Å². The molecular formula is C10H6N2O2Se. The van der Waals surface area contributed by atoms with Gasteiger partial charge in [-0.25, -0.2) is 0 Å². The van der Waals surface area contributed by atoms with Crippen molar-refractivity contribution in [2.45, 2.75) is 0 Å². The molecule has 4 nitrogen and oxygen atoms in total. The molecule has 2 amide bonds. The molecule has 0 radical (unpaired) electrons. The number of hydrogen-bond acceptors (Lipinski definition) is 3. The quantitative estimate of drug-likeness (QED) is 0.575. The van der Waals surface area contributed by atoms with Crippen LogP contribution in [0.15, 0.2) is 24.3 Å². The van der Waals surface area contributed by atoms with Crippen molar-refractivity contribution in [1.82, 2.24) is 4.90 Å². The third-order valence-electron chi connectivity index (χ3n) is 2.14. The Hall–Kier alpha value is -1.63. The van der Waals surface area contributed by atoms with Gasteiger partial charge in [0.15, 0.2) is 0 Å². The van der Waals surface area contributed by atoms with E-state index in [4.69, 9.17) is 5.26 Å². The minimum absolute atomic E-state index is 0.232. The van der Waals surface area contributed by atoms with E-state index < -0.39 is 0 Å². The number of carbonyl (C=O) groups excluding carboxylic acids is 2. The molecule has 0 aliphatic carbocycles. The molecule has 1 heterocycles. The summed E-state index contributed by atoms with van der Waals surface area (Å²) in [6, 6.07) is 6.72. The molecule has 0 saturated heterocycles. The summed E-state index contributed by atoms with van der Waals surface area (Å²) in [5.74, 6) is -0.569. The molecule has 1 aromatic carbocycles. The first-order chi connectivity index (χ1) is 7.25. The van der Waals surface area contributed by atoms with Crippen LogP contribution in [0.1, 0.15) is 20.7 Å². The van der Waals surface area contributed by atoms with Crippen LogP contribution in [-0.2, 0) is 0 Å². The van der Waals surface area contributed by atoms with Crippen molar-refractivity contribution in [2.75, 3.05) is 5.44 Å². The van der Waals surface area contributed by atoms with Gasteiger partial charge in [-0.05, 0) is 0 Å². The zero-order chi connectivity index (χ0) is 10.8. The van der Waals surface area contributed by atoms with E-state index in [1.807, 2.05) is 4.97 Å². The molecule has 1 aliphatic heterocycles. The van der Waals surface area contributed by atoms with Gasteiger partial charge in [-0.1, -0.05) is 0 Å². The molecule has 0 bridgehead atoms. The van der Waals surface area contributed by atoms with E-state index in [1.165, 1.54) is 0 Å². The number of carbonyl (C=O) groups is 2. The third-order valence-corrected chi connectivity index (χ3v) is 3.22. The van der Waals surface area contributed by atoms with Crippen molar-refractivity contribution in [1.29, 1.82) is 5.26 Å². The molecule has 0 saturated carbocycles. The zero-order valence-corrected chi connectivity index (χ0v) is 9.35. The van der Waals surface area contributed by atoms with Crippen molar-refractivity contribution in [3.63, 3.8) is 0 Å². The van der Waals surface area contributed by atoms with Gasteiger partial charge in [0.1, 0.15) is 0 Å². The fourth-order valence-electron chi connectivity index (χ4n) is 1.45. The number of hydrogen-bond donors (Lipinski definition) is 0. The van der Waals surface area contributed by atoms with Crippen LogP contribution in [0.5, 0.6) is 0 Å². The summed E-state index contributed by atoms with van der Waals surface area (Å²) < 4.78 is 0. The molecule has 0 spiro atoms. The van der Waals surface area contributed by atoms with Gasteiger partial charge in [0.05, 0.1) is 0 Å². The second-order valence-electron chi connectivity index (χ2n) is 2.95. The fraction of sp³-hybridized carbons (Fsp3) is 0.100. The van der Waals surface area contributed by atoms with Crippen LogP contribution < -0.4 is 0 Å². The Morgan fingerprint density at radius 2 is 1.73 bits per heavy atom. The van der Waals surface area contributed by atoms with Crippen molar-refractivity contribution >= 4 is 26.8 Å². The molecular weight excluding hydrogens is 259 g/mol. The Bertz CT molecular complexity index is 444. The first-order valence-corrected chi connectivity index (χ1v) is 6.28. The van der Waals surface area contributed by atoms with E-state index >= 15 is 0 Å². The van der Waals surface area contributed by atoms with Gasteiger partial charge in [-0.15, -0.1) is 0 Å². The Kier molecular flexibility index (Phi) is 2.55. The molecule has 1 aromatic rings. The second-order valence-corrected chi connectivity index (χ2v) is 4.48. The number of nitriles is 1. The van der Waals surface area contributed by atoms with Crippen LogP contribution in [0.25, 0.3) is 0 Å². The molecule has 0 unspecified atom stereocenters. The average molecular weight is 265 g/mol.